The van der Waals surface area contributed by atoms with Gasteiger partial charge in [-0.3, -0.25) is 9.78 Å². The van der Waals surface area contributed by atoms with E-state index in [4.69, 9.17) is 0 Å². The van der Waals surface area contributed by atoms with E-state index in [9.17, 15) is 9.18 Å². The molecule has 4 rings (SSSR count). The highest BCUT2D eigenvalue weighted by Crippen LogP contribution is 2.48. The second kappa shape index (κ2) is 5.71. The number of hydrogen-bond acceptors (Lipinski definition) is 2. The molecule has 1 aliphatic rings. The molecule has 1 aliphatic carbocycles. The highest BCUT2D eigenvalue weighted by Gasteiger charge is 2.44. The van der Waals surface area contributed by atoms with Gasteiger partial charge in [0, 0.05) is 29.1 Å². The Bertz CT molecular complexity index is 938. The molecule has 4 heteroatoms. The number of carbonyl (C=O) groups excluding carboxylic acids is 1. The topological polar surface area (TPSA) is 42.0 Å². The predicted molar refractivity (Wildman–Crippen MR) is 92.4 cm³/mol. The molecular formula is C20H17FN2O. The van der Waals surface area contributed by atoms with Gasteiger partial charge in [0.1, 0.15) is 0 Å². The van der Waals surface area contributed by atoms with E-state index >= 15 is 0 Å². The van der Waals surface area contributed by atoms with Crippen molar-refractivity contribution < 1.29 is 9.18 Å². The quantitative estimate of drug-likeness (QED) is 0.776. The van der Waals surface area contributed by atoms with E-state index in [0.717, 1.165) is 11.8 Å². The number of aryl methyl sites for hydroxylation is 1. The van der Waals surface area contributed by atoms with Crippen molar-refractivity contribution in [2.75, 3.05) is 5.32 Å². The molecule has 1 N–H and O–H groups in total. The van der Waals surface area contributed by atoms with Crippen molar-refractivity contribution in [3.63, 3.8) is 0 Å². The maximum Gasteiger partial charge on any atom is 0.228 e. The van der Waals surface area contributed by atoms with Crippen LogP contribution in [-0.2, 0) is 4.79 Å². The van der Waals surface area contributed by atoms with Crippen LogP contribution in [0.2, 0.25) is 0 Å². The summed E-state index contributed by atoms with van der Waals surface area (Å²) >= 11 is 0. The smallest absolute Gasteiger partial charge is 0.228 e. The number of nitrogens with zero attached hydrogens (tertiary/aromatic N) is 1. The molecule has 0 saturated heterocycles. The monoisotopic (exact) mass is 320 g/mol. The summed E-state index contributed by atoms with van der Waals surface area (Å²) in [6.45, 7) is 2.04. The third kappa shape index (κ3) is 2.64. The lowest BCUT2D eigenvalue weighted by Crippen LogP contribution is -2.15. The first kappa shape index (κ1) is 14.8. The van der Waals surface area contributed by atoms with Gasteiger partial charge >= 0.3 is 0 Å². The fraction of sp³-hybridized carbons (Fsp3) is 0.200. The van der Waals surface area contributed by atoms with Gasteiger partial charge in [0.25, 0.3) is 0 Å². The zero-order valence-electron chi connectivity index (χ0n) is 13.3. The number of rotatable bonds is 3. The van der Waals surface area contributed by atoms with Crippen LogP contribution in [0, 0.1) is 18.7 Å². The van der Waals surface area contributed by atoms with Gasteiger partial charge in [-0.25, -0.2) is 4.39 Å². The molecular weight excluding hydrogens is 303 g/mol. The third-order valence-corrected chi connectivity index (χ3v) is 4.61. The Kier molecular flexibility index (Phi) is 3.53. The Balaban J connectivity index is 1.52. The zero-order valence-corrected chi connectivity index (χ0v) is 13.3. The Hall–Kier alpha value is -2.75. The van der Waals surface area contributed by atoms with Gasteiger partial charge in [-0.2, -0.15) is 0 Å². The second-order valence-corrected chi connectivity index (χ2v) is 6.38. The number of halogens is 1. The number of nitrogens with one attached hydrogen (secondary N) is 1. The number of hydrogen-bond donors (Lipinski definition) is 1. The highest BCUT2D eigenvalue weighted by atomic mass is 19.1. The van der Waals surface area contributed by atoms with E-state index in [2.05, 4.69) is 22.4 Å². The minimum Gasteiger partial charge on any atom is -0.323 e. The lowest BCUT2D eigenvalue weighted by atomic mass is 10.1. The van der Waals surface area contributed by atoms with Crippen molar-refractivity contribution in [2.24, 2.45) is 5.92 Å². The molecule has 1 aromatic heterocycles. The first-order valence-electron chi connectivity index (χ1n) is 8.03. The van der Waals surface area contributed by atoms with Crippen LogP contribution in [0.4, 0.5) is 10.1 Å². The maximum absolute atomic E-state index is 14.5. The molecule has 3 aromatic rings. The molecule has 1 saturated carbocycles. The van der Waals surface area contributed by atoms with Gasteiger partial charge < -0.3 is 5.32 Å². The summed E-state index contributed by atoms with van der Waals surface area (Å²) in [7, 11) is 0. The first-order chi connectivity index (χ1) is 11.6. The number of benzene rings is 2. The molecule has 1 fully saturated rings. The first-order valence-corrected chi connectivity index (χ1v) is 8.03. The van der Waals surface area contributed by atoms with Crippen molar-refractivity contribution in [3.8, 4) is 0 Å². The normalized spacial score (nSPS) is 19.2. The zero-order chi connectivity index (χ0) is 16.7. The molecule has 24 heavy (non-hydrogen) atoms. The SMILES string of the molecule is Cc1cccc([C@@H]2C[C@H]2C(=O)Nc2ccc3cnccc3c2F)c1. The minimum atomic E-state index is -0.406. The molecule has 2 atom stereocenters. The summed E-state index contributed by atoms with van der Waals surface area (Å²) in [5.74, 6) is -0.373. The Morgan fingerprint density at radius 3 is 2.96 bits per heavy atom. The van der Waals surface area contributed by atoms with Crippen molar-refractivity contribution in [2.45, 2.75) is 19.3 Å². The molecule has 0 radical (unpaired) electrons. The number of pyridine rings is 1. The second-order valence-electron chi connectivity index (χ2n) is 6.38. The molecule has 1 heterocycles. The largest absolute Gasteiger partial charge is 0.323 e. The molecule has 0 unspecified atom stereocenters. The number of anilines is 1. The van der Waals surface area contributed by atoms with Gasteiger partial charge in [0.05, 0.1) is 5.69 Å². The van der Waals surface area contributed by atoms with Gasteiger partial charge in [0.15, 0.2) is 5.82 Å². The van der Waals surface area contributed by atoms with Crippen LogP contribution in [-0.4, -0.2) is 10.9 Å². The van der Waals surface area contributed by atoms with Gasteiger partial charge in [-0.05, 0) is 37.0 Å². The molecule has 0 spiro atoms. The van der Waals surface area contributed by atoms with Gasteiger partial charge in [-0.15, -0.1) is 0 Å². The summed E-state index contributed by atoms with van der Waals surface area (Å²) in [5.41, 5.74) is 2.60. The van der Waals surface area contributed by atoms with Crippen molar-refractivity contribution in [3.05, 3.63) is 71.8 Å². The van der Waals surface area contributed by atoms with E-state index < -0.39 is 5.82 Å². The maximum atomic E-state index is 14.5. The van der Waals surface area contributed by atoms with Crippen LogP contribution >= 0.6 is 0 Å². The van der Waals surface area contributed by atoms with Crippen molar-refractivity contribution in [1.82, 2.24) is 4.98 Å². The summed E-state index contributed by atoms with van der Waals surface area (Å²) < 4.78 is 14.5. The number of amides is 1. The van der Waals surface area contributed by atoms with Crippen LogP contribution in [0.15, 0.2) is 54.9 Å². The van der Waals surface area contributed by atoms with Crippen LogP contribution < -0.4 is 5.32 Å². The molecule has 1 amide bonds. The highest BCUT2D eigenvalue weighted by molar-refractivity contribution is 5.97. The summed E-state index contributed by atoms with van der Waals surface area (Å²) in [4.78, 5) is 16.4. The Labute approximate surface area is 139 Å². The van der Waals surface area contributed by atoms with E-state index in [1.165, 1.54) is 11.1 Å². The summed E-state index contributed by atoms with van der Waals surface area (Å²) in [6.07, 6.45) is 3.97. The van der Waals surface area contributed by atoms with E-state index in [1.807, 2.05) is 19.1 Å². The van der Waals surface area contributed by atoms with Crippen LogP contribution in [0.25, 0.3) is 10.8 Å². The lowest BCUT2D eigenvalue weighted by Gasteiger charge is -2.08. The molecule has 120 valence electrons. The third-order valence-electron chi connectivity index (χ3n) is 4.61. The molecule has 3 nitrogen and oxygen atoms in total. The summed E-state index contributed by atoms with van der Waals surface area (Å²) in [6, 6.07) is 13.2. The average Bonchev–Trinajstić information content (AvgIpc) is 3.38. The molecule has 0 bridgehead atoms. The van der Waals surface area contributed by atoms with Crippen LogP contribution in [0.3, 0.4) is 0 Å². The minimum absolute atomic E-state index is 0.0839. The standard InChI is InChI=1S/C20H17FN2O/c1-12-3-2-4-13(9-12)16-10-17(16)20(24)23-18-6-5-14-11-22-8-7-15(14)19(18)21/h2-9,11,16-17H,10H2,1H3,(H,23,24)/t16-,17+/m0/s1. The summed E-state index contributed by atoms with van der Waals surface area (Å²) in [5, 5.41) is 3.93. The lowest BCUT2D eigenvalue weighted by molar-refractivity contribution is -0.117. The Morgan fingerprint density at radius 1 is 1.25 bits per heavy atom. The number of carbonyl (C=O) groups is 1. The van der Waals surface area contributed by atoms with E-state index in [1.54, 1.807) is 30.6 Å². The predicted octanol–water partition coefficient (Wildman–Crippen LogP) is 4.42. The van der Waals surface area contributed by atoms with Gasteiger partial charge in [-0.1, -0.05) is 35.9 Å². The van der Waals surface area contributed by atoms with Crippen LogP contribution in [0.1, 0.15) is 23.5 Å². The molecule has 2 aromatic carbocycles. The van der Waals surface area contributed by atoms with E-state index in [0.29, 0.717) is 5.39 Å². The fourth-order valence-electron chi connectivity index (χ4n) is 3.21. The number of aromatic nitrogens is 1. The fourth-order valence-corrected chi connectivity index (χ4v) is 3.21. The number of fused-ring (bicyclic) bond motifs is 1. The molecule has 0 aliphatic heterocycles. The average molecular weight is 320 g/mol. The Morgan fingerprint density at radius 2 is 2.12 bits per heavy atom. The van der Waals surface area contributed by atoms with Gasteiger partial charge in [0.2, 0.25) is 5.91 Å². The van der Waals surface area contributed by atoms with Crippen molar-refractivity contribution >= 4 is 22.4 Å². The van der Waals surface area contributed by atoms with E-state index in [-0.39, 0.29) is 23.4 Å². The van der Waals surface area contributed by atoms with Crippen LogP contribution in [0.5, 0.6) is 0 Å². The van der Waals surface area contributed by atoms with Crippen molar-refractivity contribution in [1.29, 1.82) is 0 Å².